The minimum absolute atomic E-state index is 0.0453. The molecule has 0 fully saturated rings. The fourth-order valence-corrected chi connectivity index (χ4v) is 1.86. The number of aromatic hydroxyl groups is 1. The normalized spacial score (nSPS) is 10.2. The lowest BCUT2D eigenvalue weighted by atomic mass is 10.1. The molecule has 0 aromatic heterocycles. The van der Waals surface area contributed by atoms with Gasteiger partial charge in [0.1, 0.15) is 5.75 Å². The zero-order valence-corrected chi connectivity index (χ0v) is 10.7. The van der Waals surface area contributed by atoms with Crippen molar-refractivity contribution in [2.75, 3.05) is 5.32 Å². The van der Waals surface area contributed by atoms with Crippen LogP contribution < -0.4 is 5.32 Å². The molecule has 0 aliphatic rings. The van der Waals surface area contributed by atoms with Gasteiger partial charge < -0.3 is 15.5 Å². The maximum Gasteiger partial charge on any atom is 0.337 e. The third-order valence-electron chi connectivity index (χ3n) is 2.67. The molecule has 5 heteroatoms. The van der Waals surface area contributed by atoms with Crippen LogP contribution in [0.2, 0.25) is 5.02 Å². The van der Waals surface area contributed by atoms with E-state index in [0.717, 1.165) is 5.56 Å². The van der Waals surface area contributed by atoms with Crippen LogP contribution in [0.1, 0.15) is 15.9 Å². The fraction of sp³-hybridized carbons (Fsp3) is 0.0714. The van der Waals surface area contributed by atoms with Crippen LogP contribution in [0.3, 0.4) is 0 Å². The summed E-state index contributed by atoms with van der Waals surface area (Å²) in [6.45, 7) is 0.396. The minimum atomic E-state index is -1.07. The van der Waals surface area contributed by atoms with E-state index in [0.29, 0.717) is 12.2 Å². The number of anilines is 1. The van der Waals surface area contributed by atoms with Crippen LogP contribution in [0, 0.1) is 0 Å². The monoisotopic (exact) mass is 277 g/mol. The zero-order chi connectivity index (χ0) is 13.8. The van der Waals surface area contributed by atoms with Gasteiger partial charge in [-0.2, -0.15) is 0 Å². The second-order valence-electron chi connectivity index (χ2n) is 3.98. The number of carboxylic acid groups (broad SMARTS) is 1. The number of rotatable bonds is 4. The Bertz CT molecular complexity index is 613. The maximum atomic E-state index is 11.0. The highest BCUT2D eigenvalue weighted by Crippen LogP contribution is 2.22. The Hall–Kier alpha value is -2.20. The van der Waals surface area contributed by atoms with Crippen LogP contribution >= 0.6 is 11.6 Å². The molecule has 2 aromatic rings. The summed E-state index contributed by atoms with van der Waals surface area (Å²) in [5.41, 5.74) is 1.41. The van der Waals surface area contributed by atoms with Gasteiger partial charge in [-0.15, -0.1) is 0 Å². The van der Waals surface area contributed by atoms with Crippen molar-refractivity contribution >= 4 is 23.3 Å². The molecule has 0 bridgehead atoms. The lowest BCUT2D eigenvalue weighted by Crippen LogP contribution is -2.03. The molecule has 0 unspecified atom stereocenters. The van der Waals surface area contributed by atoms with Gasteiger partial charge >= 0.3 is 5.97 Å². The number of phenolic OH excluding ortho intramolecular Hbond substituents is 1. The first-order valence-corrected chi connectivity index (χ1v) is 5.99. The van der Waals surface area contributed by atoms with Gasteiger partial charge in [0, 0.05) is 17.8 Å². The summed E-state index contributed by atoms with van der Waals surface area (Å²) < 4.78 is 0. The van der Waals surface area contributed by atoms with Gasteiger partial charge in [-0.05, 0) is 24.3 Å². The highest BCUT2D eigenvalue weighted by atomic mass is 35.5. The van der Waals surface area contributed by atoms with Crippen LogP contribution in [-0.2, 0) is 6.54 Å². The molecule has 0 atom stereocenters. The minimum Gasteiger partial charge on any atom is -0.508 e. The van der Waals surface area contributed by atoms with Gasteiger partial charge in [0.2, 0.25) is 0 Å². The molecule has 19 heavy (non-hydrogen) atoms. The van der Waals surface area contributed by atoms with Crippen molar-refractivity contribution in [1.82, 2.24) is 0 Å². The van der Waals surface area contributed by atoms with Crippen molar-refractivity contribution < 1.29 is 15.0 Å². The molecule has 2 rings (SSSR count). The summed E-state index contributed by atoms with van der Waals surface area (Å²) in [4.78, 5) is 11.0. The molecule has 2 aromatic carbocycles. The zero-order valence-electron chi connectivity index (χ0n) is 9.93. The van der Waals surface area contributed by atoms with E-state index in [1.165, 1.54) is 12.1 Å². The molecular weight excluding hydrogens is 266 g/mol. The number of hydrogen-bond donors (Lipinski definition) is 3. The first kappa shape index (κ1) is 13.2. The largest absolute Gasteiger partial charge is 0.508 e. The van der Waals surface area contributed by atoms with E-state index in [4.69, 9.17) is 16.7 Å². The smallest absolute Gasteiger partial charge is 0.337 e. The molecule has 0 saturated heterocycles. The number of carbonyl (C=O) groups is 1. The topological polar surface area (TPSA) is 69.6 Å². The number of para-hydroxylation sites is 1. The Balaban J connectivity index is 2.14. The molecule has 0 amide bonds. The Labute approximate surface area is 115 Å². The number of hydrogen-bond acceptors (Lipinski definition) is 3. The Morgan fingerprint density at radius 3 is 2.63 bits per heavy atom. The lowest BCUT2D eigenvalue weighted by molar-refractivity contribution is 0.0697. The van der Waals surface area contributed by atoms with Gasteiger partial charge in [-0.25, -0.2) is 4.79 Å². The molecule has 0 heterocycles. The molecule has 4 nitrogen and oxygen atoms in total. The summed E-state index contributed by atoms with van der Waals surface area (Å²) >= 11 is 5.78. The van der Waals surface area contributed by atoms with Crippen molar-refractivity contribution in [3.05, 3.63) is 58.6 Å². The number of aromatic carboxylic acids is 1. The van der Waals surface area contributed by atoms with Gasteiger partial charge in [0.05, 0.1) is 10.6 Å². The molecule has 0 aliphatic heterocycles. The number of carboxylic acids is 1. The second-order valence-corrected chi connectivity index (χ2v) is 4.39. The van der Waals surface area contributed by atoms with E-state index in [2.05, 4.69) is 5.32 Å². The van der Waals surface area contributed by atoms with E-state index in [9.17, 15) is 9.90 Å². The Kier molecular flexibility index (Phi) is 3.92. The van der Waals surface area contributed by atoms with E-state index in [1.807, 2.05) is 6.07 Å². The Morgan fingerprint density at radius 2 is 1.95 bits per heavy atom. The number of benzene rings is 2. The van der Waals surface area contributed by atoms with Gasteiger partial charge in [0.15, 0.2) is 0 Å². The fourth-order valence-electron chi connectivity index (χ4n) is 1.66. The highest BCUT2D eigenvalue weighted by molar-refractivity contribution is 6.33. The molecule has 3 N–H and O–H groups in total. The van der Waals surface area contributed by atoms with Crippen molar-refractivity contribution in [2.24, 2.45) is 0 Å². The van der Waals surface area contributed by atoms with Crippen LogP contribution in [0.5, 0.6) is 5.75 Å². The third kappa shape index (κ3) is 3.17. The van der Waals surface area contributed by atoms with Gasteiger partial charge in [0.25, 0.3) is 0 Å². The average molecular weight is 278 g/mol. The van der Waals surface area contributed by atoms with Crippen LogP contribution in [0.15, 0.2) is 42.5 Å². The van der Waals surface area contributed by atoms with Crippen molar-refractivity contribution in [3.8, 4) is 5.75 Å². The summed E-state index contributed by atoms with van der Waals surface area (Å²) in [6, 6.07) is 11.6. The Morgan fingerprint density at radius 1 is 1.21 bits per heavy atom. The highest BCUT2D eigenvalue weighted by Gasteiger charge is 2.09. The summed E-state index contributed by atoms with van der Waals surface area (Å²) in [5.74, 6) is -0.876. The third-order valence-corrected chi connectivity index (χ3v) is 3.00. The quantitative estimate of drug-likeness (QED) is 0.801. The molecule has 0 radical (unpaired) electrons. The van der Waals surface area contributed by atoms with E-state index < -0.39 is 5.97 Å². The lowest BCUT2D eigenvalue weighted by Gasteiger charge is -2.09. The number of phenols is 1. The maximum absolute atomic E-state index is 11.0. The van der Waals surface area contributed by atoms with E-state index >= 15 is 0 Å². The predicted molar refractivity (Wildman–Crippen MR) is 73.8 cm³/mol. The molecule has 0 spiro atoms. The van der Waals surface area contributed by atoms with Crippen molar-refractivity contribution in [1.29, 1.82) is 0 Å². The number of nitrogens with one attached hydrogen (secondary N) is 1. The van der Waals surface area contributed by atoms with E-state index in [-0.39, 0.29) is 16.3 Å². The summed E-state index contributed by atoms with van der Waals surface area (Å²) in [6.07, 6.45) is 0. The van der Waals surface area contributed by atoms with Crippen molar-refractivity contribution in [2.45, 2.75) is 6.54 Å². The number of halogens is 1. The standard InChI is InChI=1S/C14H12ClNO3/c15-12-6-5-10(7-11(12)14(18)19)16-8-9-3-1-2-4-13(9)17/h1-7,16-17H,8H2,(H,18,19). The first-order valence-electron chi connectivity index (χ1n) is 5.61. The summed E-state index contributed by atoms with van der Waals surface area (Å²) in [5, 5.41) is 21.8. The molecule has 98 valence electrons. The van der Waals surface area contributed by atoms with Crippen molar-refractivity contribution in [3.63, 3.8) is 0 Å². The molecular formula is C14H12ClNO3. The van der Waals surface area contributed by atoms with E-state index in [1.54, 1.807) is 24.3 Å². The first-order chi connectivity index (χ1) is 9.08. The van der Waals surface area contributed by atoms with Gasteiger partial charge in [-0.1, -0.05) is 29.8 Å². The van der Waals surface area contributed by atoms with Crippen LogP contribution in [0.25, 0.3) is 0 Å². The molecule has 0 aliphatic carbocycles. The summed E-state index contributed by atoms with van der Waals surface area (Å²) in [7, 11) is 0. The SMILES string of the molecule is O=C(O)c1cc(NCc2ccccc2O)ccc1Cl. The average Bonchev–Trinajstić information content (AvgIpc) is 2.39. The van der Waals surface area contributed by atoms with Crippen LogP contribution in [-0.4, -0.2) is 16.2 Å². The predicted octanol–water partition coefficient (Wildman–Crippen LogP) is 3.36. The molecule has 0 saturated carbocycles. The van der Waals surface area contributed by atoms with Crippen LogP contribution in [0.4, 0.5) is 5.69 Å². The second kappa shape index (κ2) is 5.63. The van der Waals surface area contributed by atoms with Gasteiger partial charge in [-0.3, -0.25) is 0 Å².